The van der Waals surface area contributed by atoms with E-state index in [1.165, 1.54) is 6.08 Å². The molecule has 3 nitrogen and oxygen atoms in total. The van der Waals surface area contributed by atoms with Crippen molar-refractivity contribution in [3.8, 4) is 0 Å². The second-order valence-corrected chi connectivity index (χ2v) is 10.2. The number of rotatable bonds is 4. The summed E-state index contributed by atoms with van der Waals surface area (Å²) in [6, 6.07) is 0. The molecule has 0 fully saturated rings. The van der Waals surface area contributed by atoms with Gasteiger partial charge in [-0.25, -0.2) is 4.79 Å². The number of hydrogen-bond donors (Lipinski definition) is 1. The molecule has 4 heteroatoms. The smallest absolute Gasteiger partial charge is 0.328 e. The van der Waals surface area contributed by atoms with E-state index in [0.29, 0.717) is 6.61 Å². The SMILES string of the molecule is CC(=CC(=O)O)CO[Si](C)(C)C(C)(C)C. The highest BCUT2D eigenvalue weighted by Crippen LogP contribution is 2.36. The largest absolute Gasteiger partial charge is 0.478 e. The third-order valence-corrected chi connectivity index (χ3v) is 7.32. The monoisotopic (exact) mass is 230 g/mol. The Hall–Kier alpha value is -0.613. The predicted octanol–water partition coefficient (Wildman–Crippen LogP) is 3.04. The van der Waals surface area contributed by atoms with E-state index in [1.54, 1.807) is 6.92 Å². The Kier molecular flexibility index (Phi) is 4.74. The molecule has 0 atom stereocenters. The third kappa shape index (κ3) is 5.13. The van der Waals surface area contributed by atoms with Crippen LogP contribution in [0.2, 0.25) is 18.1 Å². The van der Waals surface area contributed by atoms with Gasteiger partial charge in [0.2, 0.25) is 0 Å². The normalized spacial score (nSPS) is 14.1. The maximum atomic E-state index is 10.4. The Morgan fingerprint density at radius 1 is 1.40 bits per heavy atom. The van der Waals surface area contributed by atoms with Gasteiger partial charge >= 0.3 is 5.97 Å². The molecule has 0 aromatic rings. The molecule has 15 heavy (non-hydrogen) atoms. The molecule has 0 aliphatic carbocycles. The van der Waals surface area contributed by atoms with Gasteiger partial charge in [-0.2, -0.15) is 0 Å². The van der Waals surface area contributed by atoms with Gasteiger partial charge in [-0.3, -0.25) is 0 Å². The fourth-order valence-electron chi connectivity index (χ4n) is 0.763. The number of carboxylic acids is 1. The van der Waals surface area contributed by atoms with Crippen LogP contribution < -0.4 is 0 Å². The van der Waals surface area contributed by atoms with Gasteiger partial charge in [-0.05, 0) is 30.6 Å². The fraction of sp³-hybridized carbons (Fsp3) is 0.727. The maximum Gasteiger partial charge on any atom is 0.328 e. The van der Waals surface area contributed by atoms with Gasteiger partial charge in [-0.15, -0.1) is 0 Å². The Morgan fingerprint density at radius 2 is 1.87 bits per heavy atom. The van der Waals surface area contributed by atoms with Crippen molar-refractivity contribution in [2.75, 3.05) is 6.61 Å². The Balaban J connectivity index is 4.34. The Bertz CT molecular complexity index is 261. The first kappa shape index (κ1) is 14.4. The molecule has 0 saturated carbocycles. The Morgan fingerprint density at radius 3 is 2.20 bits per heavy atom. The lowest BCUT2D eigenvalue weighted by Gasteiger charge is -2.36. The summed E-state index contributed by atoms with van der Waals surface area (Å²) in [5.41, 5.74) is 0.757. The fourth-order valence-corrected chi connectivity index (χ4v) is 1.78. The van der Waals surface area contributed by atoms with Crippen LogP contribution in [0.4, 0.5) is 0 Å². The summed E-state index contributed by atoms with van der Waals surface area (Å²) in [5.74, 6) is -0.911. The molecule has 0 radical (unpaired) electrons. The van der Waals surface area contributed by atoms with Gasteiger partial charge in [0.1, 0.15) is 0 Å². The van der Waals surface area contributed by atoms with E-state index in [4.69, 9.17) is 9.53 Å². The molecule has 0 aliphatic heterocycles. The van der Waals surface area contributed by atoms with Gasteiger partial charge < -0.3 is 9.53 Å². The number of carboxylic acid groups (broad SMARTS) is 1. The van der Waals surface area contributed by atoms with E-state index in [9.17, 15) is 4.79 Å². The standard InChI is InChI=1S/C11H22O3Si/c1-9(7-10(12)13)8-14-15(5,6)11(2,3)4/h7H,8H2,1-6H3,(H,12,13). The van der Waals surface area contributed by atoms with Crippen LogP contribution in [0.25, 0.3) is 0 Å². The van der Waals surface area contributed by atoms with E-state index in [1.807, 2.05) is 0 Å². The zero-order valence-electron chi connectivity index (χ0n) is 10.5. The van der Waals surface area contributed by atoms with Crippen LogP contribution in [0.5, 0.6) is 0 Å². The summed E-state index contributed by atoms with van der Waals surface area (Å²) in [7, 11) is -1.75. The van der Waals surface area contributed by atoms with Gasteiger partial charge in [0.25, 0.3) is 0 Å². The van der Waals surface area contributed by atoms with Crippen LogP contribution in [0.1, 0.15) is 27.7 Å². The molecular weight excluding hydrogens is 208 g/mol. The molecule has 0 heterocycles. The first-order valence-corrected chi connectivity index (χ1v) is 8.01. The lowest BCUT2D eigenvalue weighted by Crippen LogP contribution is -2.41. The quantitative estimate of drug-likeness (QED) is 0.596. The summed E-state index contributed by atoms with van der Waals surface area (Å²) in [6.07, 6.45) is 1.20. The van der Waals surface area contributed by atoms with Crippen molar-refractivity contribution in [2.45, 2.75) is 45.8 Å². The second-order valence-electron chi connectivity index (χ2n) is 5.38. The van der Waals surface area contributed by atoms with Crippen molar-refractivity contribution < 1.29 is 14.3 Å². The minimum atomic E-state index is -1.75. The lowest BCUT2D eigenvalue weighted by molar-refractivity contribution is -0.131. The van der Waals surface area contributed by atoms with E-state index in [0.717, 1.165) is 5.57 Å². The van der Waals surface area contributed by atoms with Crippen LogP contribution in [0, 0.1) is 0 Å². The highest BCUT2D eigenvalue weighted by atomic mass is 28.4. The molecule has 0 saturated heterocycles. The number of carbonyl (C=O) groups is 1. The van der Waals surface area contributed by atoms with Gasteiger partial charge in [0, 0.05) is 6.08 Å². The molecule has 0 aliphatic rings. The molecule has 0 unspecified atom stereocenters. The summed E-state index contributed by atoms with van der Waals surface area (Å²) in [6.45, 7) is 13.0. The van der Waals surface area contributed by atoms with Crippen molar-refractivity contribution in [2.24, 2.45) is 0 Å². The highest BCUT2D eigenvalue weighted by Gasteiger charge is 2.36. The number of aliphatic carboxylic acids is 1. The van der Waals surface area contributed by atoms with E-state index < -0.39 is 14.3 Å². The molecule has 0 aromatic heterocycles. The van der Waals surface area contributed by atoms with Gasteiger partial charge in [-0.1, -0.05) is 20.8 Å². The zero-order valence-corrected chi connectivity index (χ0v) is 11.5. The van der Waals surface area contributed by atoms with Crippen LogP contribution in [-0.4, -0.2) is 26.0 Å². The van der Waals surface area contributed by atoms with Crippen molar-refractivity contribution in [1.82, 2.24) is 0 Å². The van der Waals surface area contributed by atoms with Crippen LogP contribution in [0.3, 0.4) is 0 Å². The van der Waals surface area contributed by atoms with Crippen molar-refractivity contribution >= 4 is 14.3 Å². The van der Waals surface area contributed by atoms with E-state index in [-0.39, 0.29) is 5.04 Å². The average molecular weight is 230 g/mol. The van der Waals surface area contributed by atoms with E-state index in [2.05, 4.69) is 33.9 Å². The van der Waals surface area contributed by atoms with Crippen LogP contribution >= 0.6 is 0 Å². The third-order valence-electron chi connectivity index (χ3n) is 2.84. The molecule has 0 aromatic carbocycles. The molecule has 0 amide bonds. The second kappa shape index (κ2) is 4.94. The zero-order chi connectivity index (χ0) is 12.3. The first-order valence-electron chi connectivity index (χ1n) is 5.10. The topological polar surface area (TPSA) is 46.5 Å². The van der Waals surface area contributed by atoms with Crippen LogP contribution in [-0.2, 0) is 9.22 Å². The highest BCUT2D eigenvalue weighted by molar-refractivity contribution is 6.74. The molecule has 88 valence electrons. The lowest BCUT2D eigenvalue weighted by atomic mass is 10.2. The van der Waals surface area contributed by atoms with Crippen LogP contribution in [0.15, 0.2) is 11.6 Å². The first-order chi connectivity index (χ1) is 6.56. The summed E-state index contributed by atoms with van der Waals surface area (Å²) < 4.78 is 5.86. The summed E-state index contributed by atoms with van der Waals surface area (Å²) >= 11 is 0. The molecule has 0 bridgehead atoms. The number of hydrogen-bond acceptors (Lipinski definition) is 2. The average Bonchev–Trinajstić information content (AvgIpc) is 1.97. The maximum absolute atomic E-state index is 10.4. The molecule has 0 rings (SSSR count). The Labute approximate surface area is 93.3 Å². The van der Waals surface area contributed by atoms with Gasteiger partial charge in [0.15, 0.2) is 8.32 Å². The van der Waals surface area contributed by atoms with Gasteiger partial charge in [0.05, 0.1) is 6.61 Å². The molecular formula is C11H22O3Si. The van der Waals surface area contributed by atoms with Crippen molar-refractivity contribution in [3.05, 3.63) is 11.6 Å². The van der Waals surface area contributed by atoms with Crippen molar-refractivity contribution in [1.29, 1.82) is 0 Å². The molecule has 0 spiro atoms. The minimum Gasteiger partial charge on any atom is -0.478 e. The van der Waals surface area contributed by atoms with E-state index >= 15 is 0 Å². The van der Waals surface area contributed by atoms with Crippen molar-refractivity contribution in [3.63, 3.8) is 0 Å². The summed E-state index contributed by atoms with van der Waals surface area (Å²) in [4.78, 5) is 10.4. The summed E-state index contributed by atoms with van der Waals surface area (Å²) in [5, 5.41) is 8.72. The molecule has 1 N–H and O–H groups in total. The predicted molar refractivity (Wildman–Crippen MR) is 64.5 cm³/mol. The minimum absolute atomic E-state index is 0.163.